The van der Waals surface area contributed by atoms with Crippen molar-refractivity contribution in [1.82, 2.24) is 0 Å². The van der Waals surface area contributed by atoms with Crippen molar-refractivity contribution in [2.75, 3.05) is 6.61 Å². The number of unbranched alkanes of at least 4 members (excludes halogenated alkanes) is 8. The Morgan fingerprint density at radius 1 is 0.923 bits per heavy atom. The van der Waals surface area contributed by atoms with Crippen LogP contribution in [0.2, 0.25) is 0 Å². The molecule has 1 saturated heterocycles. The van der Waals surface area contributed by atoms with Gasteiger partial charge in [0.25, 0.3) is 0 Å². The molecule has 0 amide bonds. The molecule has 150 valence electrons. The zero-order valence-electron chi connectivity index (χ0n) is 17.2. The minimum absolute atomic E-state index is 0.162. The minimum Gasteiger partial charge on any atom is -0.463 e. The fraction of sp³-hybridized carbons (Fsp3) is 0.773. The van der Waals surface area contributed by atoms with Crippen molar-refractivity contribution < 1.29 is 19.0 Å². The number of carbonyl (C=O) groups excluding carboxylic acids is 1. The van der Waals surface area contributed by atoms with Crippen LogP contribution in [-0.2, 0) is 19.0 Å². The molecule has 1 rings (SSSR count). The van der Waals surface area contributed by atoms with Gasteiger partial charge in [0.1, 0.15) is 12.2 Å². The first kappa shape index (κ1) is 22.9. The van der Waals surface area contributed by atoms with Gasteiger partial charge in [-0.15, -0.1) is 0 Å². The molecule has 2 atom stereocenters. The fourth-order valence-electron chi connectivity index (χ4n) is 3.11. The van der Waals surface area contributed by atoms with Crippen molar-refractivity contribution in [3.05, 3.63) is 24.3 Å². The summed E-state index contributed by atoms with van der Waals surface area (Å²) in [5.74, 6) is -0.987. The third kappa shape index (κ3) is 10.1. The summed E-state index contributed by atoms with van der Waals surface area (Å²) < 4.78 is 16.7. The van der Waals surface area contributed by atoms with Crippen LogP contribution < -0.4 is 0 Å². The number of esters is 1. The summed E-state index contributed by atoms with van der Waals surface area (Å²) in [4.78, 5) is 11.5. The molecule has 0 aliphatic carbocycles. The summed E-state index contributed by atoms with van der Waals surface area (Å²) in [7, 11) is 0. The van der Waals surface area contributed by atoms with Gasteiger partial charge in [-0.2, -0.15) is 0 Å². The summed E-state index contributed by atoms with van der Waals surface area (Å²) in [6.07, 6.45) is 18.7. The van der Waals surface area contributed by atoms with E-state index < -0.39 is 5.79 Å². The number of rotatable bonds is 13. The minimum atomic E-state index is -0.642. The maximum Gasteiger partial charge on any atom is 0.330 e. The topological polar surface area (TPSA) is 44.8 Å². The largest absolute Gasteiger partial charge is 0.463 e. The van der Waals surface area contributed by atoms with Gasteiger partial charge in [0.15, 0.2) is 5.79 Å². The second kappa shape index (κ2) is 13.1. The Hall–Kier alpha value is -1.13. The molecule has 4 nitrogen and oxygen atoms in total. The van der Waals surface area contributed by atoms with E-state index in [1.807, 2.05) is 13.8 Å². The molecular weight excluding hydrogens is 328 g/mol. The lowest BCUT2D eigenvalue weighted by Crippen LogP contribution is -2.20. The zero-order chi connectivity index (χ0) is 19.3. The Bertz CT molecular complexity index is 439. The van der Waals surface area contributed by atoms with Crippen LogP contribution in [0.15, 0.2) is 24.3 Å². The fourth-order valence-corrected chi connectivity index (χ4v) is 3.11. The molecule has 0 aromatic heterocycles. The van der Waals surface area contributed by atoms with Crippen LogP contribution in [0.4, 0.5) is 0 Å². The molecule has 0 bridgehead atoms. The third-order valence-electron chi connectivity index (χ3n) is 4.42. The monoisotopic (exact) mass is 366 g/mol. The smallest absolute Gasteiger partial charge is 0.330 e. The van der Waals surface area contributed by atoms with E-state index in [-0.39, 0.29) is 18.2 Å². The molecule has 0 unspecified atom stereocenters. The van der Waals surface area contributed by atoms with Gasteiger partial charge in [-0.1, -0.05) is 64.0 Å². The van der Waals surface area contributed by atoms with Crippen molar-refractivity contribution in [3.63, 3.8) is 0 Å². The normalized spacial score (nSPS) is 22.5. The quantitative estimate of drug-likeness (QED) is 0.181. The van der Waals surface area contributed by atoms with E-state index in [9.17, 15) is 4.79 Å². The maximum absolute atomic E-state index is 11.5. The first-order valence-corrected chi connectivity index (χ1v) is 10.4. The van der Waals surface area contributed by atoms with Crippen LogP contribution in [0.25, 0.3) is 0 Å². The summed E-state index contributed by atoms with van der Waals surface area (Å²) in [6.45, 7) is 8.21. The van der Waals surface area contributed by atoms with E-state index in [4.69, 9.17) is 14.2 Å². The van der Waals surface area contributed by atoms with Gasteiger partial charge in [0.05, 0.1) is 6.61 Å². The molecule has 0 aromatic rings. The zero-order valence-corrected chi connectivity index (χ0v) is 17.2. The summed E-state index contributed by atoms with van der Waals surface area (Å²) in [5, 5.41) is 0. The van der Waals surface area contributed by atoms with Gasteiger partial charge in [-0.25, -0.2) is 4.79 Å². The molecule has 0 spiro atoms. The number of ether oxygens (including phenoxy) is 3. The highest BCUT2D eigenvalue weighted by Gasteiger charge is 2.38. The number of allylic oxidation sites excluding steroid dienone is 1. The molecule has 0 N–H and O–H groups in total. The summed E-state index contributed by atoms with van der Waals surface area (Å²) >= 11 is 0. The van der Waals surface area contributed by atoms with Gasteiger partial charge in [0, 0.05) is 6.08 Å². The van der Waals surface area contributed by atoms with E-state index >= 15 is 0 Å². The first-order valence-electron chi connectivity index (χ1n) is 10.4. The highest BCUT2D eigenvalue weighted by Crippen LogP contribution is 2.29. The molecular formula is C22H38O4. The van der Waals surface area contributed by atoms with E-state index in [1.165, 1.54) is 57.4 Å². The van der Waals surface area contributed by atoms with Gasteiger partial charge in [-0.05, 0) is 39.7 Å². The Morgan fingerprint density at radius 3 is 2.12 bits per heavy atom. The Balaban J connectivity index is 2.29. The first-order chi connectivity index (χ1) is 12.5. The van der Waals surface area contributed by atoms with Gasteiger partial charge in [0.2, 0.25) is 0 Å². The van der Waals surface area contributed by atoms with Crippen LogP contribution in [0.3, 0.4) is 0 Å². The van der Waals surface area contributed by atoms with E-state index in [2.05, 4.69) is 19.1 Å². The molecule has 1 heterocycles. The predicted molar refractivity (Wildman–Crippen MR) is 106 cm³/mol. The van der Waals surface area contributed by atoms with Crippen LogP contribution in [0, 0.1) is 0 Å². The maximum atomic E-state index is 11.5. The van der Waals surface area contributed by atoms with Crippen LogP contribution in [-0.4, -0.2) is 30.6 Å². The summed E-state index contributed by atoms with van der Waals surface area (Å²) in [5.41, 5.74) is 0. The lowest BCUT2D eigenvalue weighted by Gasteiger charge is -2.15. The molecule has 0 saturated carbocycles. The van der Waals surface area contributed by atoms with Crippen molar-refractivity contribution in [2.45, 2.75) is 103 Å². The SMILES string of the molecule is CCCCCCCCCC/C=C/[C@@H]1OC(C)(C)O[C@H]1/C=C/C(=O)OCC. The Kier molecular flexibility index (Phi) is 11.5. The average molecular weight is 367 g/mol. The Morgan fingerprint density at radius 2 is 1.50 bits per heavy atom. The third-order valence-corrected chi connectivity index (χ3v) is 4.42. The van der Waals surface area contributed by atoms with Gasteiger partial charge >= 0.3 is 5.97 Å². The molecule has 0 aromatic carbocycles. The number of hydrogen-bond acceptors (Lipinski definition) is 4. The highest BCUT2D eigenvalue weighted by molar-refractivity contribution is 5.82. The highest BCUT2D eigenvalue weighted by atomic mass is 16.7. The van der Waals surface area contributed by atoms with Crippen molar-refractivity contribution in [1.29, 1.82) is 0 Å². The van der Waals surface area contributed by atoms with Gasteiger partial charge < -0.3 is 14.2 Å². The molecule has 26 heavy (non-hydrogen) atoms. The Labute approximate surface area is 160 Å². The lowest BCUT2D eigenvalue weighted by molar-refractivity contribution is -0.140. The second-order valence-electron chi connectivity index (χ2n) is 7.37. The standard InChI is InChI=1S/C22H38O4/c1-5-7-8-9-10-11-12-13-14-15-16-19-20(26-22(3,4)25-19)17-18-21(23)24-6-2/h15-20H,5-14H2,1-4H3/b16-15+,18-17+/t19-,20-/m0/s1. The van der Waals surface area contributed by atoms with Crippen molar-refractivity contribution in [3.8, 4) is 0 Å². The lowest BCUT2D eigenvalue weighted by atomic mass is 10.1. The summed E-state index contributed by atoms with van der Waals surface area (Å²) in [6, 6.07) is 0. The predicted octanol–water partition coefficient (Wildman–Crippen LogP) is 5.71. The van der Waals surface area contributed by atoms with Crippen LogP contribution in [0.1, 0.15) is 85.5 Å². The van der Waals surface area contributed by atoms with Crippen LogP contribution >= 0.6 is 0 Å². The van der Waals surface area contributed by atoms with E-state index in [1.54, 1.807) is 13.0 Å². The molecule has 0 radical (unpaired) electrons. The van der Waals surface area contributed by atoms with Crippen LogP contribution in [0.5, 0.6) is 0 Å². The molecule has 1 aliphatic rings. The van der Waals surface area contributed by atoms with Crippen molar-refractivity contribution in [2.24, 2.45) is 0 Å². The van der Waals surface area contributed by atoms with Gasteiger partial charge in [-0.3, -0.25) is 0 Å². The second-order valence-corrected chi connectivity index (χ2v) is 7.37. The number of carbonyl (C=O) groups is 1. The average Bonchev–Trinajstić information content (AvgIpc) is 2.89. The molecule has 1 aliphatic heterocycles. The van der Waals surface area contributed by atoms with E-state index in [0.29, 0.717) is 6.61 Å². The number of hydrogen-bond donors (Lipinski definition) is 0. The molecule has 4 heteroatoms. The molecule has 1 fully saturated rings. The van der Waals surface area contributed by atoms with Crippen molar-refractivity contribution >= 4 is 5.97 Å². The van der Waals surface area contributed by atoms with E-state index in [0.717, 1.165) is 6.42 Å².